The number of anilines is 1. The van der Waals surface area contributed by atoms with Crippen LogP contribution < -0.4 is 15.0 Å². The number of rotatable bonds is 10. The molecule has 47 heavy (non-hydrogen) atoms. The topological polar surface area (TPSA) is 108 Å². The van der Waals surface area contributed by atoms with Gasteiger partial charge in [-0.1, -0.05) is 12.1 Å². The van der Waals surface area contributed by atoms with Crippen LogP contribution in [0.3, 0.4) is 0 Å². The molecule has 4 fully saturated rings. The minimum Gasteiger partial charge on any atom is -0.481 e. The monoisotopic (exact) mass is 641 g/mol. The van der Waals surface area contributed by atoms with Crippen molar-refractivity contribution in [2.75, 3.05) is 31.8 Å². The van der Waals surface area contributed by atoms with E-state index >= 15 is 0 Å². The number of carbonyl (C=O) groups is 2. The Balaban J connectivity index is 1.03. The number of ether oxygens (including phenoxy) is 3. The van der Waals surface area contributed by atoms with Gasteiger partial charge in [0.2, 0.25) is 11.8 Å². The first-order valence-electron chi connectivity index (χ1n) is 17.4. The number of methoxy groups -OCH3 is 1. The van der Waals surface area contributed by atoms with Crippen molar-refractivity contribution in [2.24, 2.45) is 11.8 Å². The Morgan fingerprint density at radius 2 is 1.77 bits per heavy atom. The summed E-state index contributed by atoms with van der Waals surface area (Å²) in [6.45, 7) is 3.83. The smallest absolute Gasteiger partial charge is 0.407 e. The summed E-state index contributed by atoms with van der Waals surface area (Å²) in [7, 11) is 1.66. The van der Waals surface area contributed by atoms with Gasteiger partial charge in [0.15, 0.2) is 0 Å². The second kappa shape index (κ2) is 14.1. The third-order valence-electron chi connectivity index (χ3n) is 10.5. The van der Waals surface area contributed by atoms with Gasteiger partial charge in [-0.15, -0.1) is 0 Å². The van der Waals surface area contributed by atoms with Crippen molar-refractivity contribution < 1.29 is 23.8 Å². The molecule has 0 atom stereocenters. The van der Waals surface area contributed by atoms with Gasteiger partial charge in [0.1, 0.15) is 6.10 Å². The second-order valence-electron chi connectivity index (χ2n) is 14.0. The van der Waals surface area contributed by atoms with Gasteiger partial charge in [-0.3, -0.25) is 9.48 Å². The van der Waals surface area contributed by atoms with Crippen molar-refractivity contribution in [3.8, 4) is 17.0 Å². The van der Waals surface area contributed by atoms with Crippen LogP contribution in [0.4, 0.5) is 10.5 Å². The van der Waals surface area contributed by atoms with E-state index in [1.807, 2.05) is 12.4 Å². The third-order valence-corrected chi connectivity index (χ3v) is 10.5. The number of alkyl carbamates (subject to hydrolysis) is 1. The average molecular weight is 642 g/mol. The minimum absolute atomic E-state index is 0.0415. The van der Waals surface area contributed by atoms with Crippen molar-refractivity contribution in [2.45, 2.75) is 95.2 Å². The Hall–Kier alpha value is -3.92. The molecule has 3 saturated carbocycles. The van der Waals surface area contributed by atoms with Crippen LogP contribution in [0.1, 0.15) is 87.3 Å². The van der Waals surface area contributed by atoms with Gasteiger partial charge in [0, 0.05) is 41.7 Å². The van der Waals surface area contributed by atoms with Gasteiger partial charge < -0.3 is 24.4 Å². The molecule has 10 heteroatoms. The molecule has 0 spiro atoms. The second-order valence-corrected chi connectivity index (χ2v) is 14.0. The van der Waals surface area contributed by atoms with Crippen LogP contribution in [-0.4, -0.2) is 65.8 Å². The standard InChI is InChI=1S/C37H47N5O5/c1-24-16-29(18-38-35(24)45-2)26-8-6-25(7-9-26)20-41(33-5-3-4-28(17-33)30-19-39-42(21-30)32-12-13-32)36(43)27-10-14-34(15-11-27)47-37(44)40-31-22-46-23-31/h3-5,16-19,21,25-27,31-32,34H,6-15,20,22-23H2,1-2H3,(H,40,44). The van der Waals surface area contributed by atoms with Crippen LogP contribution in [0, 0.1) is 18.8 Å². The number of aryl methyl sites for hydroxylation is 1. The van der Waals surface area contributed by atoms with E-state index in [9.17, 15) is 9.59 Å². The Bertz CT molecular complexity index is 1550. The van der Waals surface area contributed by atoms with Gasteiger partial charge in [-0.25, -0.2) is 9.78 Å². The summed E-state index contributed by atoms with van der Waals surface area (Å²) in [5.74, 6) is 1.67. The Kier molecular flexibility index (Phi) is 9.47. The Labute approximate surface area is 277 Å². The highest BCUT2D eigenvalue weighted by atomic mass is 16.6. The van der Waals surface area contributed by atoms with Crippen molar-refractivity contribution in [1.82, 2.24) is 20.1 Å². The lowest BCUT2D eigenvalue weighted by molar-refractivity contribution is -0.124. The fourth-order valence-electron chi connectivity index (χ4n) is 7.48. The summed E-state index contributed by atoms with van der Waals surface area (Å²) < 4.78 is 18.3. The fraction of sp³-hybridized carbons (Fsp3) is 0.568. The molecule has 1 saturated heterocycles. The highest BCUT2D eigenvalue weighted by Gasteiger charge is 2.34. The number of nitrogens with one attached hydrogen (secondary N) is 1. The highest BCUT2D eigenvalue weighted by Crippen LogP contribution is 2.39. The van der Waals surface area contributed by atoms with E-state index < -0.39 is 0 Å². The molecule has 3 aliphatic carbocycles. The van der Waals surface area contributed by atoms with E-state index in [2.05, 4.69) is 68.4 Å². The molecule has 4 aliphatic rings. The molecule has 3 aromatic rings. The summed E-state index contributed by atoms with van der Waals surface area (Å²) in [4.78, 5) is 33.3. The number of nitrogens with zero attached hydrogens (tertiary/aromatic N) is 4. The quantitative estimate of drug-likeness (QED) is 0.266. The number of amides is 2. The molecule has 1 N–H and O–H groups in total. The molecule has 3 heterocycles. The van der Waals surface area contributed by atoms with Gasteiger partial charge in [-0.2, -0.15) is 5.10 Å². The predicted octanol–water partition coefficient (Wildman–Crippen LogP) is 6.59. The van der Waals surface area contributed by atoms with Crippen LogP contribution in [0.25, 0.3) is 11.1 Å². The molecule has 0 unspecified atom stereocenters. The van der Waals surface area contributed by atoms with E-state index in [0.29, 0.717) is 69.2 Å². The molecule has 1 aromatic carbocycles. The number of hydrogen-bond acceptors (Lipinski definition) is 7. The first-order valence-corrected chi connectivity index (χ1v) is 17.4. The molecule has 250 valence electrons. The zero-order valence-electron chi connectivity index (χ0n) is 27.6. The molecular weight excluding hydrogens is 594 g/mol. The lowest BCUT2D eigenvalue weighted by atomic mass is 9.78. The third kappa shape index (κ3) is 7.48. The zero-order chi connectivity index (χ0) is 32.3. The maximum atomic E-state index is 14.4. The van der Waals surface area contributed by atoms with Crippen molar-refractivity contribution in [1.29, 1.82) is 0 Å². The maximum Gasteiger partial charge on any atom is 0.407 e. The molecule has 0 bridgehead atoms. The SMILES string of the molecule is COc1ncc(C2CCC(CN(C(=O)C3CCC(OC(=O)NC4COC4)CC3)c3cccc(-c4cnn(C5CC5)c4)c3)CC2)cc1C. The molecule has 0 radical (unpaired) electrons. The molecular formula is C37H47N5O5. The van der Waals surface area contributed by atoms with E-state index in [4.69, 9.17) is 14.2 Å². The molecule has 2 aromatic heterocycles. The molecule has 7 rings (SSSR count). The lowest BCUT2D eigenvalue weighted by Gasteiger charge is -2.36. The summed E-state index contributed by atoms with van der Waals surface area (Å²) in [6, 6.07) is 11.2. The minimum atomic E-state index is -0.382. The van der Waals surface area contributed by atoms with E-state index in [0.717, 1.165) is 48.1 Å². The summed E-state index contributed by atoms with van der Waals surface area (Å²) in [5.41, 5.74) is 5.46. The van der Waals surface area contributed by atoms with Crippen LogP contribution in [0.2, 0.25) is 0 Å². The summed E-state index contributed by atoms with van der Waals surface area (Å²) in [5, 5.41) is 7.47. The number of hydrogen-bond donors (Lipinski definition) is 1. The lowest BCUT2D eigenvalue weighted by Crippen LogP contribution is -2.49. The van der Waals surface area contributed by atoms with Crippen LogP contribution in [-0.2, 0) is 14.3 Å². The highest BCUT2D eigenvalue weighted by molar-refractivity contribution is 5.95. The number of carbonyl (C=O) groups excluding carboxylic acids is 2. The molecule has 1 aliphatic heterocycles. The first-order chi connectivity index (χ1) is 22.9. The number of pyridine rings is 1. The predicted molar refractivity (Wildman–Crippen MR) is 178 cm³/mol. The van der Waals surface area contributed by atoms with Gasteiger partial charge in [-0.05, 0) is 112 Å². The number of benzene rings is 1. The zero-order valence-corrected chi connectivity index (χ0v) is 27.6. The van der Waals surface area contributed by atoms with Crippen LogP contribution >= 0.6 is 0 Å². The van der Waals surface area contributed by atoms with E-state index in [1.165, 1.54) is 18.4 Å². The number of aromatic nitrogens is 3. The Morgan fingerprint density at radius 3 is 2.45 bits per heavy atom. The van der Waals surface area contributed by atoms with Crippen LogP contribution in [0.15, 0.2) is 48.9 Å². The average Bonchev–Trinajstić information content (AvgIpc) is 3.81. The van der Waals surface area contributed by atoms with E-state index in [1.54, 1.807) is 7.11 Å². The van der Waals surface area contributed by atoms with Gasteiger partial charge in [0.05, 0.1) is 38.6 Å². The molecule has 2 amide bonds. The fourth-order valence-corrected chi connectivity index (χ4v) is 7.48. The van der Waals surface area contributed by atoms with Gasteiger partial charge in [0.25, 0.3) is 0 Å². The largest absolute Gasteiger partial charge is 0.481 e. The maximum absolute atomic E-state index is 14.4. The van der Waals surface area contributed by atoms with Crippen molar-refractivity contribution >= 4 is 17.7 Å². The van der Waals surface area contributed by atoms with Gasteiger partial charge >= 0.3 is 6.09 Å². The summed E-state index contributed by atoms with van der Waals surface area (Å²) in [6.07, 6.45) is 15.0. The normalized spacial score (nSPS) is 24.6. The molecule has 10 nitrogen and oxygen atoms in total. The summed E-state index contributed by atoms with van der Waals surface area (Å²) >= 11 is 0. The first kappa shape index (κ1) is 31.7. The Morgan fingerprint density at radius 1 is 0.979 bits per heavy atom. The van der Waals surface area contributed by atoms with Crippen molar-refractivity contribution in [3.05, 3.63) is 60.0 Å². The van der Waals surface area contributed by atoms with Crippen LogP contribution in [0.5, 0.6) is 5.88 Å². The van der Waals surface area contributed by atoms with E-state index in [-0.39, 0.29) is 30.1 Å². The van der Waals surface area contributed by atoms with Crippen molar-refractivity contribution in [3.63, 3.8) is 0 Å².